The number of hydrogen-bond acceptors (Lipinski definition) is 6. The first kappa shape index (κ1) is 18.1. The van der Waals surface area contributed by atoms with Crippen LogP contribution in [0, 0.1) is 5.41 Å². The first-order valence-electron chi connectivity index (χ1n) is 9.35. The van der Waals surface area contributed by atoms with Crippen LogP contribution in [0.4, 0.5) is 11.5 Å². The lowest BCUT2D eigenvalue weighted by Crippen LogP contribution is -2.43. The standard InChI is InChI=1S/C22H23N5O/c23-18-6-2-1-5-17(18)21(24)16-8-12-26-20(15-16)27-13-9-22(28,10-14-27)19-7-3-4-11-25-19/h1-8,11-12,15,24,28H,9-10,13-14,23H2. The Morgan fingerprint density at radius 2 is 1.75 bits per heavy atom. The second-order valence-electron chi connectivity index (χ2n) is 7.10. The Balaban J connectivity index is 1.52. The van der Waals surface area contributed by atoms with Crippen LogP contribution in [-0.4, -0.2) is 33.9 Å². The predicted octanol–water partition coefficient (Wildman–Crippen LogP) is 2.96. The molecule has 6 heteroatoms. The van der Waals surface area contributed by atoms with Crippen LogP contribution in [-0.2, 0) is 5.60 Å². The normalized spacial score (nSPS) is 16.0. The molecule has 0 atom stereocenters. The molecule has 4 rings (SSSR count). The van der Waals surface area contributed by atoms with E-state index in [2.05, 4.69) is 14.9 Å². The highest BCUT2D eigenvalue weighted by molar-refractivity contribution is 6.14. The van der Waals surface area contributed by atoms with Gasteiger partial charge in [-0.15, -0.1) is 0 Å². The van der Waals surface area contributed by atoms with Gasteiger partial charge in [0.05, 0.1) is 11.4 Å². The number of nitrogens with one attached hydrogen (secondary N) is 1. The van der Waals surface area contributed by atoms with Gasteiger partial charge in [-0.1, -0.05) is 24.3 Å². The summed E-state index contributed by atoms with van der Waals surface area (Å²) >= 11 is 0. The topological polar surface area (TPSA) is 99.1 Å². The molecule has 2 aromatic heterocycles. The Morgan fingerprint density at radius 3 is 2.46 bits per heavy atom. The van der Waals surface area contributed by atoms with E-state index in [4.69, 9.17) is 11.1 Å². The number of nitrogens with two attached hydrogens (primary N) is 1. The highest BCUT2D eigenvalue weighted by Crippen LogP contribution is 2.33. The lowest BCUT2D eigenvalue weighted by Gasteiger charge is -2.38. The molecular formula is C22H23N5O. The van der Waals surface area contributed by atoms with Gasteiger partial charge in [-0.25, -0.2) is 4.98 Å². The maximum absolute atomic E-state index is 11.0. The minimum absolute atomic E-state index is 0.378. The van der Waals surface area contributed by atoms with Crippen LogP contribution < -0.4 is 10.6 Å². The van der Waals surface area contributed by atoms with Crippen molar-refractivity contribution in [3.63, 3.8) is 0 Å². The van der Waals surface area contributed by atoms with E-state index in [1.54, 1.807) is 18.5 Å². The lowest BCUT2D eigenvalue weighted by molar-refractivity contribution is 0.00750. The van der Waals surface area contributed by atoms with E-state index in [1.165, 1.54) is 0 Å². The van der Waals surface area contributed by atoms with Crippen molar-refractivity contribution in [3.8, 4) is 0 Å². The molecule has 0 bridgehead atoms. The maximum atomic E-state index is 11.0. The Hall–Kier alpha value is -3.25. The molecule has 28 heavy (non-hydrogen) atoms. The average molecular weight is 373 g/mol. The third-order valence-corrected chi connectivity index (χ3v) is 5.32. The van der Waals surface area contributed by atoms with Gasteiger partial charge in [-0.2, -0.15) is 0 Å². The summed E-state index contributed by atoms with van der Waals surface area (Å²) in [6.07, 6.45) is 4.60. The zero-order valence-electron chi connectivity index (χ0n) is 15.5. The predicted molar refractivity (Wildman–Crippen MR) is 111 cm³/mol. The van der Waals surface area contributed by atoms with Crippen molar-refractivity contribution in [2.45, 2.75) is 18.4 Å². The molecule has 6 nitrogen and oxygen atoms in total. The van der Waals surface area contributed by atoms with E-state index >= 15 is 0 Å². The quantitative estimate of drug-likeness (QED) is 0.482. The summed E-state index contributed by atoms with van der Waals surface area (Å²) in [4.78, 5) is 11.0. The lowest BCUT2D eigenvalue weighted by atomic mass is 9.87. The molecule has 0 radical (unpaired) electrons. The van der Waals surface area contributed by atoms with Crippen molar-refractivity contribution >= 4 is 17.2 Å². The highest BCUT2D eigenvalue weighted by Gasteiger charge is 2.35. The number of para-hydroxylation sites is 1. The van der Waals surface area contributed by atoms with E-state index in [0.29, 0.717) is 42.9 Å². The fourth-order valence-electron chi connectivity index (χ4n) is 3.63. The summed E-state index contributed by atoms with van der Waals surface area (Å²) in [6.45, 7) is 1.34. The van der Waals surface area contributed by atoms with Gasteiger partial charge in [0.2, 0.25) is 0 Å². The molecule has 0 spiro atoms. The van der Waals surface area contributed by atoms with E-state index in [-0.39, 0.29) is 0 Å². The molecule has 1 saturated heterocycles. The SMILES string of the molecule is N=C(c1ccnc(N2CCC(O)(c3ccccn3)CC2)c1)c1ccccc1N. The van der Waals surface area contributed by atoms with Gasteiger partial charge in [0.15, 0.2) is 0 Å². The molecule has 0 amide bonds. The molecule has 3 aromatic rings. The number of pyridine rings is 2. The summed E-state index contributed by atoms with van der Waals surface area (Å²) < 4.78 is 0. The zero-order valence-corrected chi connectivity index (χ0v) is 15.5. The molecule has 1 fully saturated rings. The van der Waals surface area contributed by atoms with Gasteiger partial charge in [-0.3, -0.25) is 10.4 Å². The number of aromatic nitrogens is 2. The third kappa shape index (κ3) is 3.46. The van der Waals surface area contributed by atoms with Crippen LogP contribution in [0.5, 0.6) is 0 Å². The molecular weight excluding hydrogens is 350 g/mol. The fraction of sp³-hybridized carbons (Fsp3) is 0.227. The van der Waals surface area contributed by atoms with Gasteiger partial charge >= 0.3 is 0 Å². The number of aliphatic hydroxyl groups is 1. The number of piperidine rings is 1. The summed E-state index contributed by atoms with van der Waals surface area (Å²) in [5.74, 6) is 0.805. The van der Waals surface area contributed by atoms with Crippen molar-refractivity contribution in [2.75, 3.05) is 23.7 Å². The first-order chi connectivity index (χ1) is 13.6. The van der Waals surface area contributed by atoms with Crippen molar-refractivity contribution in [2.24, 2.45) is 0 Å². The fourth-order valence-corrected chi connectivity index (χ4v) is 3.63. The minimum Gasteiger partial charge on any atom is -0.398 e. The largest absolute Gasteiger partial charge is 0.398 e. The second-order valence-corrected chi connectivity index (χ2v) is 7.10. The molecule has 142 valence electrons. The van der Waals surface area contributed by atoms with Crippen molar-refractivity contribution in [1.82, 2.24) is 9.97 Å². The van der Waals surface area contributed by atoms with Gasteiger partial charge in [0.1, 0.15) is 11.4 Å². The molecule has 1 aromatic carbocycles. The molecule has 0 unspecified atom stereocenters. The van der Waals surface area contributed by atoms with E-state index in [1.807, 2.05) is 48.5 Å². The highest BCUT2D eigenvalue weighted by atomic mass is 16.3. The smallest absolute Gasteiger partial charge is 0.129 e. The molecule has 4 N–H and O–H groups in total. The average Bonchev–Trinajstić information content (AvgIpc) is 2.75. The van der Waals surface area contributed by atoms with Crippen LogP contribution in [0.2, 0.25) is 0 Å². The van der Waals surface area contributed by atoms with Gasteiger partial charge in [-0.05, 0) is 43.2 Å². The van der Waals surface area contributed by atoms with Gasteiger partial charge < -0.3 is 15.7 Å². The van der Waals surface area contributed by atoms with E-state index in [0.717, 1.165) is 17.1 Å². The number of nitrogen functional groups attached to an aromatic ring is 1. The Labute approximate surface area is 164 Å². The van der Waals surface area contributed by atoms with Crippen LogP contribution in [0.3, 0.4) is 0 Å². The maximum Gasteiger partial charge on any atom is 0.129 e. The molecule has 3 heterocycles. The number of nitrogens with zero attached hydrogens (tertiary/aromatic N) is 3. The molecule has 0 saturated carbocycles. The Bertz CT molecular complexity index is 981. The number of rotatable bonds is 4. The summed E-state index contributed by atoms with van der Waals surface area (Å²) in [5, 5.41) is 19.5. The number of anilines is 2. The second kappa shape index (κ2) is 7.40. The van der Waals surface area contributed by atoms with Crippen molar-refractivity contribution in [3.05, 3.63) is 83.8 Å². The zero-order chi connectivity index (χ0) is 19.6. The van der Waals surface area contributed by atoms with Gasteiger partial charge in [0, 0.05) is 42.3 Å². The summed E-state index contributed by atoms with van der Waals surface area (Å²) in [6, 6.07) is 16.8. The first-order valence-corrected chi connectivity index (χ1v) is 9.35. The monoisotopic (exact) mass is 373 g/mol. The summed E-state index contributed by atoms with van der Waals surface area (Å²) in [7, 11) is 0. The minimum atomic E-state index is -0.902. The van der Waals surface area contributed by atoms with Crippen molar-refractivity contribution in [1.29, 1.82) is 5.41 Å². The van der Waals surface area contributed by atoms with Crippen LogP contribution in [0.25, 0.3) is 0 Å². The molecule has 1 aliphatic heterocycles. The summed E-state index contributed by atoms with van der Waals surface area (Å²) in [5.41, 5.74) is 8.29. The van der Waals surface area contributed by atoms with Gasteiger partial charge in [0.25, 0.3) is 0 Å². The van der Waals surface area contributed by atoms with Crippen molar-refractivity contribution < 1.29 is 5.11 Å². The van der Waals surface area contributed by atoms with Crippen LogP contribution in [0.15, 0.2) is 67.0 Å². The van der Waals surface area contributed by atoms with Crippen LogP contribution >= 0.6 is 0 Å². The molecule has 1 aliphatic rings. The van der Waals surface area contributed by atoms with Crippen LogP contribution in [0.1, 0.15) is 29.7 Å². The number of hydrogen-bond donors (Lipinski definition) is 3. The Kier molecular flexibility index (Phi) is 4.79. The third-order valence-electron chi connectivity index (χ3n) is 5.32. The number of benzene rings is 1. The van der Waals surface area contributed by atoms with E-state index < -0.39 is 5.60 Å². The molecule has 0 aliphatic carbocycles. The van der Waals surface area contributed by atoms with E-state index in [9.17, 15) is 5.11 Å². The Morgan fingerprint density at radius 1 is 1.00 bits per heavy atom.